The average molecular weight is 236 g/mol. The molecule has 0 fully saturated rings. The third kappa shape index (κ3) is 4.72. The number of aliphatic hydroxyl groups is 2. The van der Waals surface area contributed by atoms with Gasteiger partial charge in [-0.2, -0.15) is 0 Å². The van der Waals surface area contributed by atoms with Crippen molar-refractivity contribution in [2.45, 2.75) is 40.2 Å². The Bertz CT molecular complexity index is 355. The van der Waals surface area contributed by atoms with Gasteiger partial charge in [0.05, 0.1) is 12.7 Å². The van der Waals surface area contributed by atoms with Crippen LogP contribution in [0.25, 0.3) is 0 Å². The maximum absolute atomic E-state index is 10.1. The third-order valence-electron chi connectivity index (χ3n) is 2.94. The van der Waals surface area contributed by atoms with E-state index in [1.807, 2.05) is 27.7 Å². The fourth-order valence-corrected chi connectivity index (χ4v) is 1.72. The summed E-state index contributed by atoms with van der Waals surface area (Å²) in [5.74, 6) is 0. The van der Waals surface area contributed by atoms with Gasteiger partial charge in [0.2, 0.25) is 0 Å². The number of hydrogen-bond acceptors (Lipinski definition) is 2. The number of rotatable bonds is 6. The maximum Gasteiger partial charge on any atom is 0.0794 e. The second kappa shape index (κ2) is 7.25. The van der Waals surface area contributed by atoms with Crippen LogP contribution in [0.4, 0.5) is 0 Å². The Morgan fingerprint density at radius 2 is 1.76 bits per heavy atom. The van der Waals surface area contributed by atoms with Crippen LogP contribution in [0.1, 0.15) is 34.1 Å². The van der Waals surface area contributed by atoms with Gasteiger partial charge < -0.3 is 10.2 Å². The van der Waals surface area contributed by atoms with Crippen molar-refractivity contribution in [3.8, 4) is 0 Å². The first-order valence-electron chi connectivity index (χ1n) is 5.78. The van der Waals surface area contributed by atoms with Crippen molar-refractivity contribution in [3.05, 3.63) is 47.1 Å². The SMILES string of the molecule is C=C/C(CO)=C(\C)C(O)CC(C(=C)C)=C(C)C. The van der Waals surface area contributed by atoms with Crippen molar-refractivity contribution in [3.63, 3.8) is 0 Å². The molecule has 96 valence electrons. The van der Waals surface area contributed by atoms with E-state index in [0.717, 1.165) is 22.3 Å². The van der Waals surface area contributed by atoms with Crippen LogP contribution in [0.15, 0.2) is 47.1 Å². The highest BCUT2D eigenvalue weighted by molar-refractivity contribution is 5.34. The molecule has 2 nitrogen and oxygen atoms in total. The lowest BCUT2D eigenvalue weighted by Gasteiger charge is -2.18. The van der Waals surface area contributed by atoms with E-state index in [2.05, 4.69) is 13.2 Å². The zero-order valence-electron chi connectivity index (χ0n) is 11.4. The molecule has 2 heteroatoms. The highest BCUT2D eigenvalue weighted by Gasteiger charge is 2.13. The van der Waals surface area contributed by atoms with Gasteiger partial charge in [-0.1, -0.05) is 30.4 Å². The van der Waals surface area contributed by atoms with Crippen molar-refractivity contribution >= 4 is 0 Å². The van der Waals surface area contributed by atoms with Gasteiger partial charge in [0.1, 0.15) is 0 Å². The lowest BCUT2D eigenvalue weighted by Crippen LogP contribution is -2.13. The average Bonchev–Trinajstić information content (AvgIpc) is 2.25. The van der Waals surface area contributed by atoms with Gasteiger partial charge in [-0.25, -0.2) is 0 Å². The van der Waals surface area contributed by atoms with E-state index in [4.69, 9.17) is 5.11 Å². The fraction of sp³-hybridized carbons (Fsp3) is 0.467. The van der Waals surface area contributed by atoms with Gasteiger partial charge >= 0.3 is 0 Å². The predicted octanol–water partition coefficient (Wildman–Crippen LogP) is 3.14. The van der Waals surface area contributed by atoms with Crippen molar-refractivity contribution in [1.82, 2.24) is 0 Å². The summed E-state index contributed by atoms with van der Waals surface area (Å²) in [6.45, 7) is 15.2. The third-order valence-corrected chi connectivity index (χ3v) is 2.94. The van der Waals surface area contributed by atoms with E-state index < -0.39 is 6.10 Å². The molecule has 0 saturated heterocycles. The molecule has 0 spiro atoms. The Labute approximate surface area is 105 Å². The zero-order valence-corrected chi connectivity index (χ0v) is 11.4. The number of hydrogen-bond donors (Lipinski definition) is 2. The Morgan fingerprint density at radius 3 is 2.06 bits per heavy atom. The summed E-state index contributed by atoms with van der Waals surface area (Å²) in [6.07, 6.45) is 1.51. The molecular weight excluding hydrogens is 212 g/mol. The van der Waals surface area contributed by atoms with Crippen LogP contribution < -0.4 is 0 Å². The molecule has 0 aliphatic heterocycles. The van der Waals surface area contributed by atoms with E-state index in [1.165, 1.54) is 0 Å². The second-order valence-electron chi connectivity index (χ2n) is 4.55. The van der Waals surface area contributed by atoms with E-state index in [9.17, 15) is 5.11 Å². The van der Waals surface area contributed by atoms with E-state index in [1.54, 1.807) is 6.08 Å². The Kier molecular flexibility index (Phi) is 6.78. The summed E-state index contributed by atoms with van der Waals surface area (Å²) in [7, 11) is 0. The zero-order chi connectivity index (χ0) is 13.6. The summed E-state index contributed by atoms with van der Waals surface area (Å²) in [4.78, 5) is 0. The van der Waals surface area contributed by atoms with Gasteiger partial charge in [0.25, 0.3) is 0 Å². The molecule has 0 aliphatic rings. The topological polar surface area (TPSA) is 40.5 Å². The van der Waals surface area contributed by atoms with Crippen LogP contribution in [0.3, 0.4) is 0 Å². The normalized spacial score (nSPS) is 13.8. The molecule has 1 unspecified atom stereocenters. The van der Waals surface area contributed by atoms with Crippen LogP contribution in [-0.4, -0.2) is 22.9 Å². The molecule has 0 aromatic rings. The molecule has 1 atom stereocenters. The molecule has 0 aliphatic carbocycles. The molecule has 0 aromatic carbocycles. The van der Waals surface area contributed by atoms with Gasteiger partial charge in [-0.3, -0.25) is 0 Å². The molecule has 17 heavy (non-hydrogen) atoms. The Hall–Kier alpha value is -1.12. The monoisotopic (exact) mass is 236 g/mol. The van der Waals surface area contributed by atoms with Gasteiger partial charge in [0.15, 0.2) is 0 Å². The van der Waals surface area contributed by atoms with Crippen LogP contribution >= 0.6 is 0 Å². The minimum atomic E-state index is -0.600. The Balaban J connectivity index is 5.04. The van der Waals surface area contributed by atoms with Crippen LogP contribution in [0, 0.1) is 0 Å². The van der Waals surface area contributed by atoms with E-state index in [0.29, 0.717) is 12.0 Å². The second-order valence-corrected chi connectivity index (χ2v) is 4.55. The van der Waals surface area contributed by atoms with Crippen LogP contribution in [-0.2, 0) is 0 Å². The highest BCUT2D eigenvalue weighted by Crippen LogP contribution is 2.23. The molecule has 2 N–H and O–H groups in total. The lowest BCUT2D eigenvalue weighted by atomic mass is 9.93. The molecule has 0 saturated carbocycles. The fourth-order valence-electron chi connectivity index (χ4n) is 1.72. The smallest absolute Gasteiger partial charge is 0.0794 e. The molecule has 0 bridgehead atoms. The predicted molar refractivity (Wildman–Crippen MR) is 73.8 cm³/mol. The number of allylic oxidation sites excluding steroid dienone is 2. The minimum Gasteiger partial charge on any atom is -0.392 e. The number of aliphatic hydroxyl groups excluding tert-OH is 2. The first kappa shape index (κ1) is 15.9. The summed E-state index contributed by atoms with van der Waals surface area (Å²) in [5, 5.41) is 19.3. The van der Waals surface area contributed by atoms with Crippen molar-refractivity contribution in [2.75, 3.05) is 6.61 Å². The molecule has 0 radical (unpaired) electrons. The summed E-state index contributed by atoms with van der Waals surface area (Å²) in [6, 6.07) is 0. The van der Waals surface area contributed by atoms with E-state index >= 15 is 0 Å². The molecule has 0 aromatic heterocycles. The summed E-state index contributed by atoms with van der Waals surface area (Å²) < 4.78 is 0. The lowest BCUT2D eigenvalue weighted by molar-refractivity contribution is 0.208. The molecule has 0 heterocycles. The quantitative estimate of drug-likeness (QED) is 0.695. The molecule has 0 amide bonds. The summed E-state index contributed by atoms with van der Waals surface area (Å²) >= 11 is 0. The Morgan fingerprint density at radius 1 is 1.24 bits per heavy atom. The minimum absolute atomic E-state index is 0.0936. The maximum atomic E-state index is 10.1. The first-order chi connectivity index (χ1) is 7.84. The van der Waals surface area contributed by atoms with Crippen molar-refractivity contribution < 1.29 is 10.2 Å². The van der Waals surface area contributed by atoms with Crippen molar-refractivity contribution in [1.29, 1.82) is 0 Å². The first-order valence-corrected chi connectivity index (χ1v) is 5.78. The van der Waals surface area contributed by atoms with Crippen LogP contribution in [0.2, 0.25) is 0 Å². The largest absolute Gasteiger partial charge is 0.392 e. The molecule has 0 rings (SSSR count). The highest BCUT2D eigenvalue weighted by atomic mass is 16.3. The van der Waals surface area contributed by atoms with Crippen LogP contribution in [0.5, 0.6) is 0 Å². The van der Waals surface area contributed by atoms with Gasteiger partial charge in [-0.15, -0.1) is 0 Å². The van der Waals surface area contributed by atoms with E-state index in [-0.39, 0.29) is 6.61 Å². The van der Waals surface area contributed by atoms with Crippen molar-refractivity contribution in [2.24, 2.45) is 0 Å². The van der Waals surface area contributed by atoms with Gasteiger partial charge in [-0.05, 0) is 44.4 Å². The standard InChI is InChI=1S/C15H24O2/c1-7-13(9-16)12(6)15(17)8-14(10(2)3)11(4)5/h7,15-17H,1-2,8-9H2,3-6H3/b13-12-. The summed E-state index contributed by atoms with van der Waals surface area (Å²) in [5.41, 5.74) is 4.67. The van der Waals surface area contributed by atoms with Gasteiger partial charge in [0, 0.05) is 6.42 Å². The molecular formula is C15H24O2.